The summed E-state index contributed by atoms with van der Waals surface area (Å²) >= 11 is 0. The SMILES string of the molecule is COC(=O)c1c(C2CC2)cc[n+](O)c1CCCCCOC(=O)c1ccccc1. The van der Waals surface area contributed by atoms with Crippen LogP contribution in [0.4, 0.5) is 0 Å². The van der Waals surface area contributed by atoms with E-state index in [1.54, 1.807) is 36.5 Å². The molecule has 1 saturated carbocycles. The van der Waals surface area contributed by atoms with Gasteiger partial charge >= 0.3 is 11.9 Å². The first-order chi connectivity index (χ1) is 13.6. The molecule has 0 unspecified atom stereocenters. The zero-order chi connectivity index (χ0) is 19.9. The van der Waals surface area contributed by atoms with E-state index in [0.717, 1.165) is 42.4 Å². The number of benzene rings is 1. The number of ether oxygens (including phenoxy) is 2. The molecule has 1 fully saturated rings. The number of carbonyl (C=O) groups excluding carboxylic acids is 2. The molecular formula is C22H26NO5+. The molecule has 148 valence electrons. The average Bonchev–Trinajstić information content (AvgIpc) is 3.56. The van der Waals surface area contributed by atoms with Gasteiger partial charge < -0.3 is 9.47 Å². The van der Waals surface area contributed by atoms with Crippen LogP contribution in [0.5, 0.6) is 0 Å². The minimum absolute atomic E-state index is 0.320. The maximum Gasteiger partial charge on any atom is 0.344 e. The molecule has 1 heterocycles. The Morgan fingerprint density at radius 2 is 1.82 bits per heavy atom. The van der Waals surface area contributed by atoms with E-state index in [1.807, 2.05) is 6.07 Å². The fourth-order valence-electron chi connectivity index (χ4n) is 3.31. The zero-order valence-electron chi connectivity index (χ0n) is 16.1. The molecule has 1 aromatic heterocycles. The molecular weight excluding hydrogens is 358 g/mol. The van der Waals surface area contributed by atoms with Gasteiger partial charge in [0, 0.05) is 17.2 Å². The highest BCUT2D eigenvalue weighted by molar-refractivity contribution is 5.92. The molecule has 2 aromatic rings. The second-order valence-electron chi connectivity index (χ2n) is 7.02. The van der Waals surface area contributed by atoms with Crippen molar-refractivity contribution in [3.05, 3.63) is 65.0 Å². The normalized spacial score (nSPS) is 13.2. The van der Waals surface area contributed by atoms with Gasteiger partial charge in [-0.25, -0.2) is 9.59 Å². The molecule has 28 heavy (non-hydrogen) atoms. The van der Waals surface area contributed by atoms with Gasteiger partial charge in [0.2, 0.25) is 11.9 Å². The number of carbonyl (C=O) groups is 2. The van der Waals surface area contributed by atoms with Crippen LogP contribution in [-0.2, 0) is 15.9 Å². The molecule has 6 nitrogen and oxygen atoms in total. The molecule has 3 rings (SSSR count). The Labute approximate surface area is 164 Å². The summed E-state index contributed by atoms with van der Waals surface area (Å²) in [5.74, 6) is -0.345. The first kappa shape index (κ1) is 19.9. The van der Waals surface area contributed by atoms with E-state index in [-0.39, 0.29) is 5.97 Å². The van der Waals surface area contributed by atoms with Gasteiger partial charge in [0.1, 0.15) is 5.56 Å². The van der Waals surface area contributed by atoms with Crippen LogP contribution in [0.25, 0.3) is 0 Å². The lowest BCUT2D eigenvalue weighted by molar-refractivity contribution is -0.909. The minimum atomic E-state index is -0.405. The summed E-state index contributed by atoms with van der Waals surface area (Å²) in [6, 6.07) is 10.7. The lowest BCUT2D eigenvalue weighted by Gasteiger charge is -2.09. The van der Waals surface area contributed by atoms with Crippen molar-refractivity contribution in [1.29, 1.82) is 0 Å². The lowest BCUT2D eigenvalue weighted by atomic mass is 9.99. The molecule has 0 saturated heterocycles. The van der Waals surface area contributed by atoms with E-state index in [0.29, 0.717) is 35.8 Å². The van der Waals surface area contributed by atoms with Crippen molar-refractivity contribution >= 4 is 11.9 Å². The first-order valence-electron chi connectivity index (χ1n) is 9.69. The van der Waals surface area contributed by atoms with E-state index in [1.165, 1.54) is 7.11 Å². The molecule has 0 bridgehead atoms. The van der Waals surface area contributed by atoms with Gasteiger partial charge in [-0.15, -0.1) is 0 Å². The van der Waals surface area contributed by atoms with Crippen molar-refractivity contribution in [2.24, 2.45) is 0 Å². The van der Waals surface area contributed by atoms with Gasteiger partial charge in [0.15, 0.2) is 0 Å². The molecule has 0 radical (unpaired) electrons. The highest BCUT2D eigenvalue weighted by atomic mass is 16.5. The summed E-state index contributed by atoms with van der Waals surface area (Å²) in [7, 11) is 1.36. The summed E-state index contributed by atoms with van der Waals surface area (Å²) in [6.45, 7) is 0.346. The highest BCUT2D eigenvalue weighted by Gasteiger charge is 2.34. The summed E-state index contributed by atoms with van der Waals surface area (Å²) in [5, 5.41) is 10.2. The van der Waals surface area contributed by atoms with Crippen LogP contribution >= 0.6 is 0 Å². The van der Waals surface area contributed by atoms with Crippen LogP contribution in [0.15, 0.2) is 42.6 Å². The van der Waals surface area contributed by atoms with Crippen LogP contribution in [0.2, 0.25) is 0 Å². The molecule has 1 aliphatic carbocycles. The number of pyridine rings is 1. The molecule has 6 heteroatoms. The number of hydrogen-bond acceptors (Lipinski definition) is 5. The summed E-state index contributed by atoms with van der Waals surface area (Å²) in [5.41, 5.74) is 2.58. The van der Waals surface area contributed by atoms with Crippen molar-refractivity contribution in [2.45, 2.75) is 44.4 Å². The van der Waals surface area contributed by atoms with Gasteiger partial charge in [0.05, 0.1) is 19.3 Å². The maximum absolute atomic E-state index is 12.3. The molecule has 1 aliphatic rings. The summed E-state index contributed by atoms with van der Waals surface area (Å²) in [6.07, 6.45) is 6.57. The number of hydrogen-bond donors (Lipinski definition) is 1. The van der Waals surface area contributed by atoms with Crippen molar-refractivity contribution in [3.63, 3.8) is 0 Å². The van der Waals surface area contributed by atoms with Crippen LogP contribution < -0.4 is 4.73 Å². The van der Waals surface area contributed by atoms with E-state index >= 15 is 0 Å². The summed E-state index contributed by atoms with van der Waals surface area (Å²) < 4.78 is 11.2. The Balaban J connectivity index is 1.51. The average molecular weight is 384 g/mol. The highest BCUT2D eigenvalue weighted by Crippen LogP contribution is 2.42. The minimum Gasteiger partial charge on any atom is -0.465 e. The smallest absolute Gasteiger partial charge is 0.344 e. The van der Waals surface area contributed by atoms with Crippen molar-refractivity contribution in [3.8, 4) is 0 Å². The second kappa shape index (κ2) is 9.35. The molecule has 1 aromatic carbocycles. The van der Waals surface area contributed by atoms with Crippen LogP contribution in [0.3, 0.4) is 0 Å². The summed E-state index contributed by atoms with van der Waals surface area (Å²) in [4.78, 5) is 24.2. The standard InChI is InChI=1S/C22H26NO5/c1-27-22(25)20-18(16-11-12-16)13-14-23(26)19(20)10-6-3-7-15-28-21(24)17-8-4-2-5-9-17/h2,4-5,8-9,13-14,16,26H,3,6-7,10-12,15H2,1H3/q+1. The molecule has 1 N–H and O–H groups in total. The fraction of sp³-hybridized carbons (Fsp3) is 0.409. The Morgan fingerprint density at radius 1 is 1.07 bits per heavy atom. The number of unbranched alkanes of at least 4 members (excludes halogenated alkanes) is 2. The predicted octanol–water partition coefficient (Wildman–Crippen LogP) is 3.45. The van der Waals surface area contributed by atoms with Crippen LogP contribution in [0, 0.1) is 0 Å². The van der Waals surface area contributed by atoms with E-state index in [9.17, 15) is 14.8 Å². The van der Waals surface area contributed by atoms with Crippen LogP contribution in [0.1, 0.15) is 70.0 Å². The number of methoxy groups -OCH3 is 1. The third-order valence-electron chi connectivity index (χ3n) is 4.96. The third-order valence-corrected chi connectivity index (χ3v) is 4.96. The second-order valence-corrected chi connectivity index (χ2v) is 7.02. The Morgan fingerprint density at radius 3 is 2.50 bits per heavy atom. The predicted molar refractivity (Wildman–Crippen MR) is 101 cm³/mol. The van der Waals surface area contributed by atoms with Gasteiger partial charge in [0.25, 0.3) is 0 Å². The van der Waals surface area contributed by atoms with E-state index in [4.69, 9.17) is 9.47 Å². The Hall–Kier alpha value is -2.89. The number of aromatic nitrogens is 1. The molecule has 0 aliphatic heterocycles. The van der Waals surface area contributed by atoms with Crippen molar-refractivity contribution in [1.82, 2.24) is 0 Å². The van der Waals surface area contributed by atoms with Crippen molar-refractivity contribution < 1.29 is 29.0 Å². The quantitative estimate of drug-likeness (QED) is 0.310. The van der Waals surface area contributed by atoms with Gasteiger partial charge in [-0.3, -0.25) is 5.21 Å². The fourth-order valence-corrected chi connectivity index (χ4v) is 3.31. The van der Waals surface area contributed by atoms with Gasteiger partial charge in [-0.05, 0) is 55.7 Å². The van der Waals surface area contributed by atoms with Gasteiger partial charge in [-0.2, -0.15) is 0 Å². The topological polar surface area (TPSA) is 76.7 Å². The monoisotopic (exact) mass is 384 g/mol. The first-order valence-corrected chi connectivity index (χ1v) is 9.69. The number of nitrogens with zero attached hydrogens (tertiary/aromatic N) is 1. The zero-order valence-corrected chi connectivity index (χ0v) is 16.1. The molecule has 0 atom stereocenters. The van der Waals surface area contributed by atoms with Crippen LogP contribution in [-0.4, -0.2) is 30.9 Å². The van der Waals surface area contributed by atoms with Gasteiger partial charge in [-0.1, -0.05) is 18.2 Å². The Kier molecular flexibility index (Phi) is 6.63. The van der Waals surface area contributed by atoms with E-state index in [2.05, 4.69) is 0 Å². The largest absolute Gasteiger partial charge is 0.465 e. The maximum atomic E-state index is 12.3. The third kappa shape index (κ3) is 4.88. The molecule has 0 spiro atoms. The number of rotatable bonds is 9. The van der Waals surface area contributed by atoms with Crippen molar-refractivity contribution in [2.75, 3.05) is 13.7 Å². The molecule has 0 amide bonds. The lowest BCUT2D eigenvalue weighted by Crippen LogP contribution is -2.38. The Bertz CT molecular complexity index is 830. The van der Waals surface area contributed by atoms with E-state index < -0.39 is 5.97 Å². The number of esters is 2.